The summed E-state index contributed by atoms with van der Waals surface area (Å²) in [5.74, 6) is -0.224. The van der Waals surface area contributed by atoms with Gasteiger partial charge in [-0.2, -0.15) is 0 Å². The second-order valence-corrected chi connectivity index (χ2v) is 5.15. The Bertz CT molecular complexity index is 446. The van der Waals surface area contributed by atoms with E-state index in [0.717, 1.165) is 18.4 Å². The third-order valence-corrected chi connectivity index (χ3v) is 3.14. The standard InChI is InChI=1S/C15H21ClN2O2/c1-3-4-9-17-15(20)10-14(18-11(2)19)12-5-7-13(16)8-6-12/h5-8,14H,3-4,9-10H2,1-2H3,(H,17,20)(H,18,19)/t14-/m1/s1. The summed E-state index contributed by atoms with van der Waals surface area (Å²) in [5, 5.41) is 6.27. The molecule has 110 valence electrons. The Morgan fingerprint density at radius 2 is 1.90 bits per heavy atom. The SMILES string of the molecule is CCCCNC(=O)C[C@@H](NC(C)=O)c1ccc(Cl)cc1. The van der Waals surface area contributed by atoms with Crippen LogP contribution in [0.1, 0.15) is 44.7 Å². The van der Waals surface area contributed by atoms with Crippen molar-refractivity contribution in [3.05, 3.63) is 34.9 Å². The topological polar surface area (TPSA) is 58.2 Å². The third kappa shape index (κ3) is 6.06. The zero-order chi connectivity index (χ0) is 15.0. The van der Waals surface area contributed by atoms with E-state index in [0.29, 0.717) is 11.6 Å². The minimum Gasteiger partial charge on any atom is -0.356 e. The average Bonchev–Trinajstić information content (AvgIpc) is 2.38. The first kappa shape index (κ1) is 16.5. The fraction of sp³-hybridized carbons (Fsp3) is 0.467. The highest BCUT2D eigenvalue weighted by Crippen LogP contribution is 2.19. The van der Waals surface area contributed by atoms with Gasteiger partial charge in [-0.3, -0.25) is 9.59 Å². The highest BCUT2D eigenvalue weighted by molar-refractivity contribution is 6.30. The molecule has 20 heavy (non-hydrogen) atoms. The van der Waals surface area contributed by atoms with Crippen molar-refractivity contribution in [1.82, 2.24) is 10.6 Å². The third-order valence-electron chi connectivity index (χ3n) is 2.89. The molecule has 5 heteroatoms. The summed E-state index contributed by atoms with van der Waals surface area (Å²) in [6.45, 7) is 4.18. The van der Waals surface area contributed by atoms with Crippen molar-refractivity contribution in [3.63, 3.8) is 0 Å². The maximum absolute atomic E-state index is 11.9. The fourth-order valence-corrected chi connectivity index (χ4v) is 1.98. The van der Waals surface area contributed by atoms with E-state index in [4.69, 9.17) is 11.6 Å². The van der Waals surface area contributed by atoms with Crippen LogP contribution in [0.25, 0.3) is 0 Å². The first-order chi connectivity index (χ1) is 9.52. The van der Waals surface area contributed by atoms with Crippen LogP contribution in [-0.4, -0.2) is 18.4 Å². The molecule has 0 unspecified atom stereocenters. The van der Waals surface area contributed by atoms with Gasteiger partial charge in [0, 0.05) is 18.5 Å². The molecule has 4 nitrogen and oxygen atoms in total. The van der Waals surface area contributed by atoms with E-state index >= 15 is 0 Å². The zero-order valence-electron chi connectivity index (χ0n) is 11.9. The highest BCUT2D eigenvalue weighted by atomic mass is 35.5. The Labute approximate surface area is 124 Å². The molecule has 1 aromatic rings. The number of benzene rings is 1. The lowest BCUT2D eigenvalue weighted by Gasteiger charge is -2.18. The van der Waals surface area contributed by atoms with Crippen LogP contribution in [0, 0.1) is 0 Å². The van der Waals surface area contributed by atoms with Gasteiger partial charge in [-0.25, -0.2) is 0 Å². The van der Waals surface area contributed by atoms with Crippen LogP contribution in [0.3, 0.4) is 0 Å². The van der Waals surface area contributed by atoms with Gasteiger partial charge < -0.3 is 10.6 Å². The Balaban J connectivity index is 2.67. The average molecular weight is 297 g/mol. The van der Waals surface area contributed by atoms with Crippen LogP contribution in [0.15, 0.2) is 24.3 Å². The van der Waals surface area contributed by atoms with Gasteiger partial charge in [0.2, 0.25) is 11.8 Å². The van der Waals surface area contributed by atoms with Crippen molar-refractivity contribution in [3.8, 4) is 0 Å². The molecule has 0 aliphatic heterocycles. The molecular formula is C15H21ClN2O2. The van der Waals surface area contributed by atoms with Crippen LogP contribution in [0.2, 0.25) is 5.02 Å². The fourth-order valence-electron chi connectivity index (χ4n) is 1.85. The van der Waals surface area contributed by atoms with Crippen molar-refractivity contribution < 1.29 is 9.59 Å². The molecule has 0 fully saturated rings. The summed E-state index contributed by atoms with van der Waals surface area (Å²) < 4.78 is 0. The summed E-state index contributed by atoms with van der Waals surface area (Å²) in [4.78, 5) is 23.1. The molecule has 0 radical (unpaired) electrons. The molecule has 2 amide bonds. The molecule has 0 aromatic heterocycles. The Hall–Kier alpha value is -1.55. The lowest BCUT2D eigenvalue weighted by Crippen LogP contribution is -2.33. The van der Waals surface area contributed by atoms with Crippen LogP contribution in [0.4, 0.5) is 0 Å². The summed E-state index contributed by atoms with van der Waals surface area (Å²) >= 11 is 5.85. The summed E-state index contributed by atoms with van der Waals surface area (Å²) in [7, 11) is 0. The number of unbranched alkanes of at least 4 members (excludes halogenated alkanes) is 1. The van der Waals surface area contributed by atoms with Gasteiger partial charge in [-0.05, 0) is 24.1 Å². The van der Waals surface area contributed by atoms with Crippen LogP contribution in [0.5, 0.6) is 0 Å². The predicted molar refractivity (Wildman–Crippen MR) is 80.5 cm³/mol. The summed E-state index contributed by atoms with van der Waals surface area (Å²) in [5.41, 5.74) is 0.871. The minimum absolute atomic E-state index is 0.0628. The first-order valence-corrected chi connectivity index (χ1v) is 7.20. The quantitative estimate of drug-likeness (QED) is 0.760. The maximum atomic E-state index is 11.9. The Kier molecular flexibility index (Phi) is 7.09. The molecule has 0 bridgehead atoms. The van der Waals surface area contributed by atoms with Crippen LogP contribution >= 0.6 is 11.6 Å². The molecule has 0 saturated heterocycles. The van der Waals surface area contributed by atoms with E-state index in [2.05, 4.69) is 17.6 Å². The maximum Gasteiger partial charge on any atom is 0.222 e. The van der Waals surface area contributed by atoms with Crippen LogP contribution in [-0.2, 0) is 9.59 Å². The minimum atomic E-state index is -0.327. The van der Waals surface area contributed by atoms with Gasteiger partial charge in [0.25, 0.3) is 0 Å². The van der Waals surface area contributed by atoms with E-state index in [9.17, 15) is 9.59 Å². The molecule has 1 rings (SSSR count). The number of nitrogens with one attached hydrogen (secondary N) is 2. The molecule has 0 heterocycles. The number of hydrogen-bond acceptors (Lipinski definition) is 2. The van der Waals surface area contributed by atoms with Crippen molar-refractivity contribution in [2.75, 3.05) is 6.54 Å². The number of carbonyl (C=O) groups excluding carboxylic acids is 2. The Morgan fingerprint density at radius 1 is 1.25 bits per heavy atom. The van der Waals surface area contributed by atoms with Gasteiger partial charge in [-0.15, -0.1) is 0 Å². The molecule has 0 saturated carbocycles. The van der Waals surface area contributed by atoms with Crippen molar-refractivity contribution in [2.45, 2.75) is 39.2 Å². The van der Waals surface area contributed by atoms with Crippen LogP contribution < -0.4 is 10.6 Å². The lowest BCUT2D eigenvalue weighted by atomic mass is 10.0. The van der Waals surface area contributed by atoms with E-state index in [1.165, 1.54) is 6.92 Å². The number of amides is 2. The highest BCUT2D eigenvalue weighted by Gasteiger charge is 2.16. The molecule has 2 N–H and O–H groups in total. The van der Waals surface area contributed by atoms with Gasteiger partial charge >= 0.3 is 0 Å². The number of hydrogen-bond donors (Lipinski definition) is 2. The van der Waals surface area contributed by atoms with E-state index in [1.807, 2.05) is 12.1 Å². The van der Waals surface area contributed by atoms with Crippen molar-refractivity contribution >= 4 is 23.4 Å². The van der Waals surface area contributed by atoms with E-state index in [-0.39, 0.29) is 24.3 Å². The van der Waals surface area contributed by atoms with Gasteiger partial charge in [0.05, 0.1) is 12.5 Å². The molecule has 1 aromatic carbocycles. The summed E-state index contributed by atoms with van der Waals surface area (Å²) in [6.07, 6.45) is 2.22. The van der Waals surface area contributed by atoms with Gasteiger partial charge in [0.15, 0.2) is 0 Å². The van der Waals surface area contributed by atoms with E-state index < -0.39 is 0 Å². The number of halogens is 1. The number of rotatable bonds is 7. The monoisotopic (exact) mass is 296 g/mol. The smallest absolute Gasteiger partial charge is 0.222 e. The molecule has 0 aliphatic rings. The Morgan fingerprint density at radius 3 is 2.45 bits per heavy atom. The summed E-state index contributed by atoms with van der Waals surface area (Å²) in [6, 6.07) is 6.82. The second-order valence-electron chi connectivity index (χ2n) is 4.71. The largest absolute Gasteiger partial charge is 0.356 e. The number of carbonyl (C=O) groups is 2. The molecular weight excluding hydrogens is 276 g/mol. The first-order valence-electron chi connectivity index (χ1n) is 6.82. The zero-order valence-corrected chi connectivity index (χ0v) is 12.7. The molecule has 1 atom stereocenters. The van der Waals surface area contributed by atoms with Gasteiger partial charge in [0.1, 0.15) is 0 Å². The lowest BCUT2D eigenvalue weighted by molar-refractivity contribution is -0.122. The second kappa shape index (κ2) is 8.59. The predicted octanol–water partition coefficient (Wildman–Crippen LogP) is 2.82. The molecule has 0 spiro atoms. The molecule has 0 aliphatic carbocycles. The van der Waals surface area contributed by atoms with E-state index in [1.54, 1.807) is 12.1 Å². The van der Waals surface area contributed by atoms with Gasteiger partial charge in [-0.1, -0.05) is 37.1 Å². The van der Waals surface area contributed by atoms with Crippen molar-refractivity contribution in [2.24, 2.45) is 0 Å². The van der Waals surface area contributed by atoms with Crippen molar-refractivity contribution in [1.29, 1.82) is 0 Å². The normalized spacial score (nSPS) is 11.8.